The molecule has 0 saturated carbocycles. The fourth-order valence-electron chi connectivity index (χ4n) is 2.53. The van der Waals surface area contributed by atoms with Crippen LogP contribution in [-0.2, 0) is 9.53 Å². The van der Waals surface area contributed by atoms with E-state index in [1.54, 1.807) is 17.7 Å². The predicted molar refractivity (Wildman–Crippen MR) is 109 cm³/mol. The molecule has 0 unspecified atom stereocenters. The number of unbranched alkanes of at least 4 members (excludes halogenated alkanes) is 1. The molecule has 0 aliphatic rings. The second-order valence-electron chi connectivity index (χ2n) is 6.16. The van der Waals surface area contributed by atoms with E-state index in [1.165, 1.54) is 17.3 Å². The Bertz CT molecular complexity index is 890. The maximum atomic E-state index is 12.2. The van der Waals surface area contributed by atoms with E-state index in [0.717, 1.165) is 39.2 Å². The summed E-state index contributed by atoms with van der Waals surface area (Å²) in [6.45, 7) is 6.50. The number of ether oxygens (including phenoxy) is 1. The minimum absolute atomic E-state index is 0.192. The Labute approximate surface area is 162 Å². The molecular formula is C20H22N2O2S2. The highest BCUT2D eigenvalue weighted by Gasteiger charge is 2.20. The van der Waals surface area contributed by atoms with Gasteiger partial charge in [-0.3, -0.25) is 4.79 Å². The van der Waals surface area contributed by atoms with Crippen molar-refractivity contribution in [3.05, 3.63) is 41.5 Å². The van der Waals surface area contributed by atoms with Gasteiger partial charge in [-0.25, -0.2) is 9.97 Å². The van der Waals surface area contributed by atoms with E-state index in [4.69, 9.17) is 4.74 Å². The zero-order chi connectivity index (χ0) is 18.5. The van der Waals surface area contributed by atoms with Crippen LogP contribution in [0.5, 0.6) is 0 Å². The molecule has 3 aromatic rings. The van der Waals surface area contributed by atoms with Gasteiger partial charge in [0.05, 0.1) is 12.0 Å². The number of rotatable bonds is 7. The lowest BCUT2D eigenvalue weighted by Gasteiger charge is -2.11. The number of esters is 1. The molecular weight excluding hydrogens is 364 g/mol. The molecule has 0 fully saturated rings. The molecule has 2 heterocycles. The molecule has 2 aromatic heterocycles. The summed E-state index contributed by atoms with van der Waals surface area (Å²) in [7, 11) is 0. The first kappa shape index (κ1) is 18.9. The molecule has 136 valence electrons. The highest BCUT2D eigenvalue weighted by atomic mass is 32.2. The summed E-state index contributed by atoms with van der Waals surface area (Å²) in [6.07, 6.45) is 3.47. The van der Waals surface area contributed by atoms with Gasteiger partial charge in [0.15, 0.2) is 0 Å². The molecule has 6 heteroatoms. The average Bonchev–Trinajstić information content (AvgIpc) is 3.07. The lowest BCUT2D eigenvalue weighted by molar-refractivity contribution is -0.142. The Morgan fingerprint density at radius 3 is 2.77 bits per heavy atom. The quantitative estimate of drug-likeness (QED) is 0.233. The van der Waals surface area contributed by atoms with Gasteiger partial charge in [-0.2, -0.15) is 0 Å². The fourth-order valence-corrected chi connectivity index (χ4v) is 4.44. The Hall–Kier alpha value is -1.92. The van der Waals surface area contributed by atoms with Crippen molar-refractivity contribution >= 4 is 39.3 Å². The van der Waals surface area contributed by atoms with Gasteiger partial charge < -0.3 is 4.74 Å². The molecule has 0 spiro atoms. The second kappa shape index (κ2) is 8.64. The van der Waals surface area contributed by atoms with Crippen LogP contribution in [0.2, 0.25) is 0 Å². The summed E-state index contributed by atoms with van der Waals surface area (Å²) in [6, 6.07) is 8.42. The van der Waals surface area contributed by atoms with E-state index in [2.05, 4.69) is 53.5 Å². The lowest BCUT2D eigenvalue weighted by atomic mass is 10.1. The molecule has 0 aliphatic carbocycles. The molecule has 0 saturated heterocycles. The van der Waals surface area contributed by atoms with E-state index in [-0.39, 0.29) is 11.2 Å². The third kappa shape index (κ3) is 4.24. The highest BCUT2D eigenvalue weighted by Crippen LogP contribution is 2.39. The maximum absolute atomic E-state index is 12.2. The number of aromatic nitrogens is 2. The normalized spacial score (nSPS) is 12.3. The number of thiophene rings is 1. The lowest BCUT2D eigenvalue weighted by Crippen LogP contribution is -2.17. The predicted octanol–water partition coefficient (Wildman–Crippen LogP) is 5.49. The van der Waals surface area contributed by atoms with Crippen LogP contribution in [-0.4, -0.2) is 27.8 Å². The maximum Gasteiger partial charge on any atom is 0.319 e. The number of nitrogens with zero attached hydrogens (tertiary/aromatic N) is 2. The largest absolute Gasteiger partial charge is 0.465 e. The van der Waals surface area contributed by atoms with Crippen molar-refractivity contribution in [3.8, 4) is 11.1 Å². The highest BCUT2D eigenvalue weighted by molar-refractivity contribution is 8.00. The summed E-state index contributed by atoms with van der Waals surface area (Å²) in [4.78, 5) is 22.0. The topological polar surface area (TPSA) is 52.1 Å². The molecule has 4 nitrogen and oxygen atoms in total. The Balaban J connectivity index is 1.88. The molecule has 3 rings (SSSR count). The van der Waals surface area contributed by atoms with Crippen LogP contribution in [0.1, 0.15) is 32.3 Å². The van der Waals surface area contributed by atoms with Crippen molar-refractivity contribution in [1.82, 2.24) is 9.97 Å². The zero-order valence-corrected chi connectivity index (χ0v) is 16.8. The number of hydrogen-bond acceptors (Lipinski definition) is 6. The van der Waals surface area contributed by atoms with Crippen LogP contribution in [0.15, 0.2) is 41.0 Å². The van der Waals surface area contributed by atoms with Crippen molar-refractivity contribution < 1.29 is 9.53 Å². The Kier molecular flexibility index (Phi) is 6.27. The van der Waals surface area contributed by atoms with Crippen LogP contribution in [0.3, 0.4) is 0 Å². The van der Waals surface area contributed by atoms with Gasteiger partial charge in [0.1, 0.15) is 21.4 Å². The van der Waals surface area contributed by atoms with Gasteiger partial charge in [-0.15, -0.1) is 11.3 Å². The van der Waals surface area contributed by atoms with Gasteiger partial charge in [-0.1, -0.05) is 54.9 Å². The molecule has 0 radical (unpaired) electrons. The van der Waals surface area contributed by atoms with Crippen LogP contribution in [0.25, 0.3) is 21.3 Å². The number of hydrogen-bond donors (Lipinski definition) is 0. The SMILES string of the molecule is CCCCOC(=O)[C@@H](C)Sc1ncnc2scc(-c3ccc(C)cc3)c12. The van der Waals surface area contributed by atoms with Crippen LogP contribution in [0.4, 0.5) is 0 Å². The summed E-state index contributed by atoms with van der Waals surface area (Å²) >= 11 is 3.04. The van der Waals surface area contributed by atoms with Gasteiger partial charge in [0.2, 0.25) is 0 Å². The standard InChI is InChI=1S/C20H22N2O2S2/c1-4-5-10-24-20(23)14(3)26-19-17-16(11-25-18(17)21-12-22-19)15-8-6-13(2)7-9-15/h6-9,11-12,14H,4-5,10H2,1-3H3/t14-/m1/s1. The summed E-state index contributed by atoms with van der Waals surface area (Å²) in [5, 5.41) is 3.64. The number of benzene rings is 1. The van der Waals surface area contributed by atoms with E-state index in [1.807, 2.05) is 6.92 Å². The number of carbonyl (C=O) groups is 1. The van der Waals surface area contributed by atoms with E-state index < -0.39 is 0 Å². The zero-order valence-electron chi connectivity index (χ0n) is 15.2. The number of thioether (sulfide) groups is 1. The number of aryl methyl sites for hydroxylation is 1. The molecule has 0 amide bonds. The molecule has 1 aromatic carbocycles. The Morgan fingerprint density at radius 1 is 1.27 bits per heavy atom. The molecule has 0 N–H and O–H groups in total. The molecule has 1 atom stereocenters. The minimum Gasteiger partial charge on any atom is -0.465 e. The van der Waals surface area contributed by atoms with Crippen LogP contribution >= 0.6 is 23.1 Å². The third-order valence-corrected chi connectivity index (χ3v) is 6.03. The fraction of sp³-hybridized carbons (Fsp3) is 0.350. The van der Waals surface area contributed by atoms with Gasteiger partial charge in [-0.05, 0) is 25.8 Å². The summed E-state index contributed by atoms with van der Waals surface area (Å²) < 4.78 is 5.34. The van der Waals surface area contributed by atoms with Gasteiger partial charge in [0, 0.05) is 10.9 Å². The van der Waals surface area contributed by atoms with Gasteiger partial charge >= 0.3 is 5.97 Å². The summed E-state index contributed by atoms with van der Waals surface area (Å²) in [5.41, 5.74) is 3.47. The van der Waals surface area contributed by atoms with Crippen molar-refractivity contribution in [3.63, 3.8) is 0 Å². The first-order valence-electron chi connectivity index (χ1n) is 8.72. The second-order valence-corrected chi connectivity index (χ2v) is 8.34. The van der Waals surface area contributed by atoms with Crippen molar-refractivity contribution in [2.75, 3.05) is 6.61 Å². The van der Waals surface area contributed by atoms with Crippen molar-refractivity contribution in [1.29, 1.82) is 0 Å². The monoisotopic (exact) mass is 386 g/mol. The van der Waals surface area contributed by atoms with Crippen LogP contribution in [0, 0.1) is 6.92 Å². The Morgan fingerprint density at radius 2 is 2.04 bits per heavy atom. The smallest absolute Gasteiger partial charge is 0.319 e. The van der Waals surface area contributed by atoms with Crippen LogP contribution < -0.4 is 0 Å². The third-order valence-electron chi connectivity index (χ3n) is 4.06. The first-order valence-corrected chi connectivity index (χ1v) is 10.5. The molecule has 0 bridgehead atoms. The minimum atomic E-state index is -0.310. The first-order chi connectivity index (χ1) is 12.6. The molecule has 26 heavy (non-hydrogen) atoms. The van der Waals surface area contributed by atoms with Crippen molar-refractivity contribution in [2.45, 2.75) is 43.9 Å². The number of carbonyl (C=O) groups excluding carboxylic acids is 1. The van der Waals surface area contributed by atoms with Gasteiger partial charge in [0.25, 0.3) is 0 Å². The van der Waals surface area contributed by atoms with E-state index in [0.29, 0.717) is 6.61 Å². The van der Waals surface area contributed by atoms with Crippen molar-refractivity contribution in [2.24, 2.45) is 0 Å². The molecule has 0 aliphatic heterocycles. The number of fused-ring (bicyclic) bond motifs is 1. The van der Waals surface area contributed by atoms with E-state index in [9.17, 15) is 4.79 Å². The average molecular weight is 387 g/mol. The van der Waals surface area contributed by atoms with E-state index >= 15 is 0 Å². The summed E-state index contributed by atoms with van der Waals surface area (Å²) in [5.74, 6) is -0.192.